The lowest BCUT2D eigenvalue weighted by atomic mass is 10.1. The van der Waals surface area contributed by atoms with Crippen LogP contribution in [0, 0.1) is 0 Å². The van der Waals surface area contributed by atoms with Gasteiger partial charge in [-0.05, 0) is 24.6 Å². The maximum absolute atomic E-state index is 9.78. The first-order chi connectivity index (χ1) is 8.56. The molecule has 1 rings (SSSR count). The third-order valence-corrected chi connectivity index (χ3v) is 1.26. The highest BCUT2D eigenvalue weighted by atomic mass is 16.3. The van der Waals surface area contributed by atoms with Crippen molar-refractivity contribution in [3.05, 3.63) is 29.7 Å². The third-order valence-electron chi connectivity index (χ3n) is 1.26. The van der Waals surface area contributed by atoms with Gasteiger partial charge >= 0.3 is 0 Å². The lowest BCUT2D eigenvalue weighted by Gasteiger charge is -2.09. The molecule has 0 aromatic heterocycles. The highest BCUT2D eigenvalue weighted by molar-refractivity contribution is 5.28. The van der Waals surface area contributed by atoms with Crippen LogP contribution in [0.5, 0.6) is 5.75 Å². The van der Waals surface area contributed by atoms with Crippen LogP contribution in [0.3, 0.4) is 0 Å². The van der Waals surface area contributed by atoms with Crippen LogP contribution in [0.4, 0.5) is 0 Å². The molecule has 0 unspecified atom stereocenters. The van der Waals surface area contributed by atoms with Gasteiger partial charge in [-0.25, -0.2) is 0 Å². The molecule has 0 spiro atoms. The summed E-state index contributed by atoms with van der Waals surface area (Å²) in [7, 11) is 0. The number of phenols is 1. The summed E-state index contributed by atoms with van der Waals surface area (Å²) in [4.78, 5) is 0. The third kappa shape index (κ3) is 2.22. The Hall–Kier alpha value is -1.06. The number of aromatic hydroxyl groups is 1. The molecule has 0 aliphatic carbocycles. The summed E-state index contributed by atoms with van der Waals surface area (Å²) in [5, 5.41) is 21.2. The molecule has 12 heavy (non-hydrogen) atoms. The van der Waals surface area contributed by atoms with E-state index in [1.165, 1.54) is 0 Å². The van der Waals surface area contributed by atoms with Gasteiger partial charge in [0.1, 0.15) is 5.75 Å². The predicted octanol–water partition coefficient (Wildman–Crippen LogP) is 0.645. The van der Waals surface area contributed by atoms with Gasteiger partial charge in [0.05, 0.1) is 11.6 Å². The molecule has 66 valence electrons. The smallest absolute Gasteiger partial charge is 0.115 e. The molecule has 0 amide bonds. The van der Waals surface area contributed by atoms with E-state index in [4.69, 9.17) is 9.60 Å². The second-order valence-corrected chi connectivity index (χ2v) is 2.16. The molecule has 0 saturated carbocycles. The molecule has 1 aromatic rings. The zero-order valence-electron chi connectivity index (χ0n) is 13.2. The van der Waals surface area contributed by atoms with Gasteiger partial charge in [-0.2, -0.15) is 0 Å². The number of aliphatic hydroxyl groups is 1. The summed E-state index contributed by atoms with van der Waals surface area (Å²) in [5.74, 6) is -0.816. The van der Waals surface area contributed by atoms with E-state index >= 15 is 0 Å². The Morgan fingerprint density at radius 2 is 2.58 bits per heavy atom. The van der Waals surface area contributed by atoms with Gasteiger partial charge in [0, 0.05) is 10.7 Å². The molecule has 3 nitrogen and oxygen atoms in total. The molecule has 0 aliphatic heterocycles. The van der Waals surface area contributed by atoms with Crippen LogP contribution in [0.1, 0.15) is 21.3 Å². The van der Waals surface area contributed by atoms with Crippen molar-refractivity contribution >= 4 is 0 Å². The van der Waals surface area contributed by atoms with Crippen molar-refractivity contribution in [3.8, 4) is 5.75 Å². The van der Waals surface area contributed by atoms with Crippen LogP contribution in [0.15, 0.2) is 24.2 Å². The SMILES string of the molecule is [2H]c1c([2H])c(O)c([2H])c([C@@H](O)CNC([2H])([2H])[2H])c1[2H]. The van der Waals surface area contributed by atoms with E-state index in [1.54, 1.807) is 0 Å². The van der Waals surface area contributed by atoms with Crippen LogP contribution in [-0.2, 0) is 0 Å². The molecule has 0 heterocycles. The maximum atomic E-state index is 9.78. The Bertz CT molecular complexity index is 459. The summed E-state index contributed by atoms with van der Waals surface area (Å²) in [6.07, 6.45) is -1.55. The molecular formula is C9H13NO2. The van der Waals surface area contributed by atoms with Crippen LogP contribution in [-0.4, -0.2) is 23.7 Å². The Morgan fingerprint density at radius 1 is 1.75 bits per heavy atom. The van der Waals surface area contributed by atoms with Crippen molar-refractivity contribution < 1.29 is 19.8 Å². The van der Waals surface area contributed by atoms with Gasteiger partial charge in [0.25, 0.3) is 0 Å². The number of nitrogens with one attached hydrogen (secondary N) is 1. The number of benzene rings is 1. The monoisotopic (exact) mass is 174 g/mol. The van der Waals surface area contributed by atoms with Gasteiger partial charge < -0.3 is 15.5 Å². The van der Waals surface area contributed by atoms with Crippen molar-refractivity contribution in [2.24, 2.45) is 0 Å². The number of rotatable bonds is 3. The largest absolute Gasteiger partial charge is 0.508 e. The Morgan fingerprint density at radius 3 is 3.33 bits per heavy atom. The van der Waals surface area contributed by atoms with Gasteiger partial charge in [-0.15, -0.1) is 0 Å². The van der Waals surface area contributed by atoms with E-state index in [0.29, 0.717) is 0 Å². The fraction of sp³-hybridized carbons (Fsp3) is 0.333. The molecule has 3 heteroatoms. The van der Waals surface area contributed by atoms with E-state index in [9.17, 15) is 10.2 Å². The van der Waals surface area contributed by atoms with E-state index in [0.717, 1.165) is 0 Å². The van der Waals surface area contributed by atoms with Crippen LogP contribution >= 0.6 is 0 Å². The number of hydrogen-bond acceptors (Lipinski definition) is 3. The van der Waals surface area contributed by atoms with Gasteiger partial charge in [-0.1, -0.05) is 12.1 Å². The summed E-state index contributed by atoms with van der Waals surface area (Å²) in [6, 6.07) is -2.52. The molecule has 0 fully saturated rings. The van der Waals surface area contributed by atoms with E-state index in [1.807, 2.05) is 5.32 Å². The second-order valence-electron chi connectivity index (χ2n) is 2.16. The van der Waals surface area contributed by atoms with Crippen molar-refractivity contribution in [2.45, 2.75) is 6.10 Å². The number of aliphatic hydroxyl groups excluding tert-OH is 1. The average molecular weight is 174 g/mol. The van der Waals surface area contributed by atoms with Crippen LogP contribution in [0.2, 0.25) is 0 Å². The van der Waals surface area contributed by atoms with Crippen molar-refractivity contribution in [1.82, 2.24) is 5.32 Å². The number of phenolic OH excluding ortho intramolecular Hbond substituents is 1. The fourth-order valence-electron chi connectivity index (χ4n) is 0.713. The summed E-state index contributed by atoms with van der Waals surface area (Å²) in [5.41, 5.74) is -0.379. The lowest BCUT2D eigenvalue weighted by molar-refractivity contribution is 0.177. The minimum atomic E-state index is -2.49. The first-order valence-electron chi connectivity index (χ1n) is 6.78. The zero-order chi connectivity index (χ0) is 15.0. The number of likely N-dealkylation sites (N-methyl/N-ethyl adjacent to an activating group) is 1. The standard InChI is InChI=1S/C9H13NO2/c1-10-6-9(12)7-3-2-4-8(11)5-7/h2-5,9-12H,6H2,1H3/t9-/m0/s1/i1D3,2D,3D,4D,5D. The van der Waals surface area contributed by atoms with E-state index in [2.05, 4.69) is 0 Å². The highest BCUT2D eigenvalue weighted by Crippen LogP contribution is 2.17. The fourth-order valence-corrected chi connectivity index (χ4v) is 0.713. The molecule has 3 N–H and O–H groups in total. The highest BCUT2D eigenvalue weighted by Gasteiger charge is 2.05. The molecular weight excluding hydrogens is 154 g/mol. The van der Waals surface area contributed by atoms with Crippen LogP contribution in [0.25, 0.3) is 0 Å². The zero-order valence-corrected chi connectivity index (χ0v) is 6.18. The summed E-state index contributed by atoms with van der Waals surface area (Å²) in [6.45, 7) is -2.96. The Balaban J connectivity index is 3.14. The predicted molar refractivity (Wildman–Crippen MR) is 47.0 cm³/mol. The van der Waals surface area contributed by atoms with Gasteiger partial charge in [0.2, 0.25) is 0 Å². The van der Waals surface area contributed by atoms with Gasteiger partial charge in [-0.3, -0.25) is 0 Å². The molecule has 0 radical (unpaired) electrons. The van der Waals surface area contributed by atoms with Gasteiger partial charge in [0.15, 0.2) is 0 Å². The second kappa shape index (κ2) is 4.09. The molecule has 0 aliphatic rings. The Kier molecular flexibility index (Phi) is 1.14. The average Bonchev–Trinajstić information content (AvgIpc) is 2.31. The van der Waals surface area contributed by atoms with Crippen molar-refractivity contribution in [2.75, 3.05) is 13.5 Å². The first kappa shape index (κ1) is 3.36. The quantitative estimate of drug-likeness (QED) is 0.630. The first-order valence-corrected chi connectivity index (χ1v) is 3.28. The van der Waals surface area contributed by atoms with E-state index in [-0.39, 0.29) is 5.56 Å². The normalized spacial score (nSPS) is 22.2. The van der Waals surface area contributed by atoms with E-state index < -0.39 is 49.5 Å². The topological polar surface area (TPSA) is 52.5 Å². The maximum Gasteiger partial charge on any atom is 0.115 e. The van der Waals surface area contributed by atoms with Crippen molar-refractivity contribution in [3.63, 3.8) is 0 Å². The molecule has 0 saturated heterocycles. The molecule has 0 bridgehead atoms. The van der Waals surface area contributed by atoms with Crippen molar-refractivity contribution in [1.29, 1.82) is 0 Å². The summed E-state index contributed by atoms with van der Waals surface area (Å²) >= 11 is 0. The Labute approximate surface area is 81.5 Å². The summed E-state index contributed by atoms with van der Waals surface area (Å²) < 4.78 is 50.6. The van der Waals surface area contributed by atoms with Crippen LogP contribution < -0.4 is 5.32 Å². The minimum Gasteiger partial charge on any atom is -0.508 e. The minimum absolute atomic E-state index is 0.379. The number of hydrogen-bond donors (Lipinski definition) is 3. The molecule has 1 aromatic carbocycles. The lowest BCUT2D eigenvalue weighted by Crippen LogP contribution is -2.16. The molecule has 1 atom stereocenters.